The number of nitrogens with zero attached hydrogens (tertiary/aromatic N) is 3. The lowest BCUT2D eigenvalue weighted by atomic mass is 10.3. The molecule has 0 fully saturated rings. The Hall–Kier alpha value is -2.64. The molecule has 0 saturated carbocycles. The van der Waals surface area contributed by atoms with Crippen LogP contribution in [0, 0.1) is 0 Å². The summed E-state index contributed by atoms with van der Waals surface area (Å²) in [5.74, 6) is -3.70. The number of aliphatic carboxylic acids is 3. The molecule has 0 aliphatic carbocycles. The first-order chi connectivity index (χ1) is 16.5. The molecular weight excluding hydrogens is 478 g/mol. The van der Waals surface area contributed by atoms with E-state index >= 15 is 0 Å². The van der Waals surface area contributed by atoms with E-state index in [2.05, 4.69) is 10.8 Å². The lowest BCUT2D eigenvalue weighted by Gasteiger charge is -2.28. The summed E-state index contributed by atoms with van der Waals surface area (Å²) in [6, 6.07) is -0.841. The normalized spacial score (nSPS) is 13.0. The smallest absolute Gasteiger partial charge is 0.323 e. The Morgan fingerprint density at radius 1 is 0.714 bits per heavy atom. The van der Waals surface area contributed by atoms with Gasteiger partial charge in [0.1, 0.15) is 13.3 Å². The van der Waals surface area contributed by atoms with Gasteiger partial charge in [-0.05, 0) is 0 Å². The number of carboxylic acid groups (broad SMARTS) is 3. The van der Waals surface area contributed by atoms with Crippen molar-refractivity contribution < 1.29 is 59.8 Å². The number of carbonyl (C=O) groups excluding carboxylic acids is 1. The second kappa shape index (κ2) is 18.7. The van der Waals surface area contributed by atoms with Crippen molar-refractivity contribution in [1.29, 1.82) is 0 Å². The fourth-order valence-corrected chi connectivity index (χ4v) is 2.54. The van der Waals surface area contributed by atoms with Gasteiger partial charge in [0.25, 0.3) is 0 Å². The van der Waals surface area contributed by atoms with Gasteiger partial charge in [-0.1, -0.05) is 0 Å². The van der Waals surface area contributed by atoms with Crippen LogP contribution in [0.5, 0.6) is 0 Å². The van der Waals surface area contributed by atoms with Crippen molar-refractivity contribution in [3.63, 3.8) is 0 Å². The van der Waals surface area contributed by atoms with Crippen LogP contribution in [0.15, 0.2) is 0 Å². The minimum Gasteiger partial charge on any atom is -0.480 e. The van der Waals surface area contributed by atoms with Crippen molar-refractivity contribution in [3.8, 4) is 0 Å². The average molecular weight is 514 g/mol. The fourth-order valence-electron chi connectivity index (χ4n) is 2.54. The number of carbonyl (C=O) groups is 4. The molecule has 35 heavy (non-hydrogen) atoms. The summed E-state index contributed by atoms with van der Waals surface area (Å²) in [7, 11) is 0. The number of aliphatic hydroxyl groups is 4. The van der Waals surface area contributed by atoms with E-state index in [4.69, 9.17) is 30.4 Å². The summed E-state index contributed by atoms with van der Waals surface area (Å²) >= 11 is 0. The highest BCUT2D eigenvalue weighted by molar-refractivity contribution is 5.80. The molecule has 0 aliphatic heterocycles. The number of hydrogen-bond donors (Lipinski definition) is 9. The molecule has 0 heterocycles. The first kappa shape index (κ1) is 32.4. The first-order valence-electron chi connectivity index (χ1n) is 10.5. The highest BCUT2D eigenvalue weighted by atomic mass is 16.7. The summed E-state index contributed by atoms with van der Waals surface area (Å²) in [4.78, 5) is 54.3. The summed E-state index contributed by atoms with van der Waals surface area (Å²) in [5, 5.41) is 65.7. The third-order valence-corrected chi connectivity index (χ3v) is 4.33. The third-order valence-electron chi connectivity index (χ3n) is 4.33. The third kappa shape index (κ3) is 17.4. The largest absolute Gasteiger partial charge is 0.480 e. The molecule has 0 aromatic rings. The van der Waals surface area contributed by atoms with E-state index in [1.165, 1.54) is 9.80 Å². The van der Waals surface area contributed by atoms with Crippen molar-refractivity contribution in [2.75, 3.05) is 78.8 Å². The molecule has 2 atom stereocenters. The minimum atomic E-state index is -1.32. The number of amides is 2. The van der Waals surface area contributed by atoms with Crippen molar-refractivity contribution in [1.82, 2.24) is 25.5 Å². The number of rotatable bonds is 21. The van der Waals surface area contributed by atoms with Crippen LogP contribution in [0.2, 0.25) is 0 Å². The maximum absolute atomic E-state index is 12.2. The van der Waals surface area contributed by atoms with Crippen LogP contribution in [-0.2, 0) is 19.2 Å². The highest BCUT2D eigenvalue weighted by Crippen LogP contribution is 1.98. The first-order valence-corrected chi connectivity index (χ1v) is 10.5. The zero-order valence-corrected chi connectivity index (χ0v) is 19.2. The number of hydroxylamine groups is 1. The molecule has 0 aromatic heterocycles. The van der Waals surface area contributed by atoms with Gasteiger partial charge in [-0.25, -0.2) is 4.79 Å². The molecule has 0 saturated heterocycles. The van der Waals surface area contributed by atoms with Crippen LogP contribution in [0.4, 0.5) is 4.79 Å². The number of carboxylic acids is 3. The topological polar surface area (TPSA) is 253 Å². The number of nitrogens with one attached hydrogen (secondary N) is 2. The van der Waals surface area contributed by atoms with E-state index in [1.54, 1.807) is 0 Å². The van der Waals surface area contributed by atoms with Gasteiger partial charge in [0.05, 0.1) is 38.5 Å². The van der Waals surface area contributed by atoms with Crippen LogP contribution in [-0.4, -0.2) is 165 Å². The summed E-state index contributed by atoms with van der Waals surface area (Å²) < 4.78 is 0. The molecule has 17 heteroatoms. The Bertz CT molecular complexity index is 655. The van der Waals surface area contributed by atoms with Gasteiger partial charge < -0.3 is 46.0 Å². The summed E-state index contributed by atoms with van der Waals surface area (Å²) in [6.45, 7) is -3.64. The van der Waals surface area contributed by atoms with Crippen molar-refractivity contribution in [3.05, 3.63) is 0 Å². The number of hydrogen-bond acceptors (Lipinski definition) is 12. The SMILES string of the molecule is O=C(O)CN(CCN(CONCC(O)CO)CC(=O)O)CCN(CC(=O)O)C(=O)NCC(O)CO. The van der Waals surface area contributed by atoms with Crippen LogP contribution < -0.4 is 10.8 Å². The molecule has 204 valence electrons. The van der Waals surface area contributed by atoms with E-state index in [1.807, 2.05) is 0 Å². The highest BCUT2D eigenvalue weighted by Gasteiger charge is 2.20. The molecule has 9 N–H and O–H groups in total. The van der Waals surface area contributed by atoms with Gasteiger partial charge in [0.2, 0.25) is 0 Å². The van der Waals surface area contributed by atoms with Gasteiger partial charge >= 0.3 is 23.9 Å². The number of urea groups is 1. The van der Waals surface area contributed by atoms with Gasteiger partial charge in [-0.3, -0.25) is 29.0 Å². The summed E-state index contributed by atoms with van der Waals surface area (Å²) in [6.07, 6.45) is -2.32. The van der Waals surface area contributed by atoms with E-state index in [9.17, 15) is 29.4 Å². The zero-order chi connectivity index (χ0) is 26.8. The van der Waals surface area contributed by atoms with Crippen molar-refractivity contribution in [2.24, 2.45) is 0 Å². The Labute approximate surface area is 201 Å². The fraction of sp³-hybridized carbons (Fsp3) is 0.778. The minimum absolute atomic E-state index is 0.0218. The Balaban J connectivity index is 4.99. The molecule has 2 amide bonds. The Morgan fingerprint density at radius 2 is 1.20 bits per heavy atom. The van der Waals surface area contributed by atoms with Crippen molar-refractivity contribution >= 4 is 23.9 Å². The van der Waals surface area contributed by atoms with Crippen LogP contribution in [0.25, 0.3) is 0 Å². The Kier molecular flexibility index (Phi) is 17.3. The standard InChI is InChI=1S/C18H35N5O12/c24-10-13(26)5-19-18(34)23(9-17(32)33)4-3-21(7-15(28)29)1-2-22(8-16(30)31)12-35-20-6-14(27)11-25/h13-14,20,24-27H,1-12H2,(H,19,34)(H,28,29)(H,30,31)(H,32,33). The molecule has 0 aromatic carbocycles. The predicted octanol–water partition coefficient (Wildman–Crippen LogP) is -4.96. The van der Waals surface area contributed by atoms with E-state index in [0.29, 0.717) is 0 Å². The van der Waals surface area contributed by atoms with Crippen LogP contribution >= 0.6 is 0 Å². The van der Waals surface area contributed by atoms with Gasteiger partial charge in [-0.15, -0.1) is 0 Å². The van der Waals surface area contributed by atoms with Gasteiger partial charge in [-0.2, -0.15) is 5.48 Å². The second-order valence-electron chi connectivity index (χ2n) is 7.41. The van der Waals surface area contributed by atoms with E-state index < -0.39 is 69.0 Å². The maximum Gasteiger partial charge on any atom is 0.323 e. The molecular formula is C18H35N5O12. The van der Waals surface area contributed by atoms with Gasteiger partial charge in [0.15, 0.2) is 0 Å². The second-order valence-corrected chi connectivity index (χ2v) is 7.41. The molecule has 0 aliphatic rings. The van der Waals surface area contributed by atoms with E-state index in [-0.39, 0.29) is 46.0 Å². The zero-order valence-electron chi connectivity index (χ0n) is 19.2. The van der Waals surface area contributed by atoms with Crippen LogP contribution in [0.3, 0.4) is 0 Å². The number of aliphatic hydroxyl groups excluding tert-OH is 4. The predicted molar refractivity (Wildman–Crippen MR) is 116 cm³/mol. The quantitative estimate of drug-likeness (QED) is 0.0396. The molecule has 2 unspecified atom stereocenters. The molecule has 0 rings (SSSR count). The Morgan fingerprint density at radius 3 is 1.74 bits per heavy atom. The monoisotopic (exact) mass is 513 g/mol. The van der Waals surface area contributed by atoms with Crippen molar-refractivity contribution in [2.45, 2.75) is 12.2 Å². The van der Waals surface area contributed by atoms with Gasteiger partial charge in [0, 0.05) is 39.3 Å². The maximum atomic E-state index is 12.2. The molecule has 0 radical (unpaired) electrons. The summed E-state index contributed by atoms with van der Waals surface area (Å²) in [5.41, 5.74) is 2.36. The lowest BCUT2D eigenvalue weighted by molar-refractivity contribution is -0.142. The lowest BCUT2D eigenvalue weighted by Crippen LogP contribution is -2.49. The average Bonchev–Trinajstić information content (AvgIpc) is 2.79. The molecule has 17 nitrogen and oxygen atoms in total. The molecule has 0 bridgehead atoms. The van der Waals surface area contributed by atoms with Crippen LogP contribution in [0.1, 0.15) is 0 Å². The van der Waals surface area contributed by atoms with E-state index in [0.717, 1.165) is 4.90 Å². The molecule has 0 spiro atoms.